The largest absolute Gasteiger partial charge is 0.495 e. The molecule has 114 valence electrons. The number of benzene rings is 2. The van der Waals surface area contributed by atoms with Gasteiger partial charge in [-0.3, -0.25) is 15.5 Å². The Morgan fingerprint density at radius 1 is 1.32 bits per heavy atom. The van der Waals surface area contributed by atoms with Gasteiger partial charge in [0.1, 0.15) is 11.4 Å². The van der Waals surface area contributed by atoms with Crippen LogP contribution in [-0.2, 0) is 0 Å². The van der Waals surface area contributed by atoms with Gasteiger partial charge in [-0.2, -0.15) is 5.10 Å². The van der Waals surface area contributed by atoms with E-state index in [1.54, 1.807) is 30.3 Å². The number of ether oxygens (including phenoxy) is 1. The predicted molar refractivity (Wildman–Crippen MR) is 87.3 cm³/mol. The molecule has 0 saturated heterocycles. The summed E-state index contributed by atoms with van der Waals surface area (Å²) in [7, 11) is 1.47. The Hall–Kier alpha value is -2.31. The zero-order valence-electron chi connectivity index (χ0n) is 11.4. The van der Waals surface area contributed by atoms with E-state index in [0.717, 1.165) is 0 Å². The fourth-order valence-corrected chi connectivity index (χ4v) is 2.38. The number of hydrogen-bond acceptors (Lipinski definition) is 5. The number of rotatable bonds is 5. The van der Waals surface area contributed by atoms with E-state index in [-0.39, 0.29) is 11.4 Å². The lowest BCUT2D eigenvalue weighted by atomic mass is 10.2. The van der Waals surface area contributed by atoms with E-state index < -0.39 is 4.92 Å². The van der Waals surface area contributed by atoms with Crippen LogP contribution in [0.25, 0.3) is 0 Å². The fourth-order valence-electron chi connectivity index (χ4n) is 1.79. The lowest BCUT2D eigenvalue weighted by molar-refractivity contribution is -0.384. The molecular weight excluding hydrogens is 329 g/mol. The Morgan fingerprint density at radius 2 is 2.05 bits per heavy atom. The molecule has 0 radical (unpaired) electrons. The second kappa shape index (κ2) is 7.11. The molecule has 0 bridgehead atoms. The molecule has 0 unspecified atom stereocenters. The van der Waals surface area contributed by atoms with Gasteiger partial charge in [-0.05, 0) is 18.2 Å². The molecule has 0 aliphatic rings. The highest BCUT2D eigenvalue weighted by Crippen LogP contribution is 2.31. The smallest absolute Gasteiger partial charge is 0.294 e. The number of halogens is 2. The van der Waals surface area contributed by atoms with Gasteiger partial charge < -0.3 is 4.74 Å². The summed E-state index contributed by atoms with van der Waals surface area (Å²) in [6, 6.07) is 9.35. The standard InChI is InChI=1S/C14H11Cl2N3O3/c1-22-14-9(6-10(15)7-11(14)16)8-17-18-12-4-2-3-5-13(12)19(20)21/h2-8,18H,1H3/b17-8-. The van der Waals surface area contributed by atoms with Crippen molar-refractivity contribution >= 4 is 40.8 Å². The molecule has 22 heavy (non-hydrogen) atoms. The third-order valence-corrected chi connectivity index (χ3v) is 3.23. The Bertz CT molecular complexity index is 735. The highest BCUT2D eigenvalue weighted by Gasteiger charge is 2.11. The first-order valence-electron chi connectivity index (χ1n) is 6.08. The molecule has 0 atom stereocenters. The molecule has 8 heteroatoms. The summed E-state index contributed by atoms with van der Waals surface area (Å²) in [5.74, 6) is 0.416. The zero-order valence-corrected chi connectivity index (χ0v) is 12.9. The second-order valence-electron chi connectivity index (χ2n) is 4.15. The summed E-state index contributed by atoms with van der Waals surface area (Å²) in [4.78, 5) is 10.4. The van der Waals surface area contributed by atoms with Gasteiger partial charge in [0.15, 0.2) is 0 Å². The van der Waals surface area contributed by atoms with Crippen LogP contribution in [0.4, 0.5) is 11.4 Å². The Kier molecular flexibility index (Phi) is 5.19. The summed E-state index contributed by atoms with van der Waals surface area (Å²) >= 11 is 11.9. The van der Waals surface area contributed by atoms with Crippen molar-refractivity contribution < 1.29 is 9.66 Å². The molecule has 0 spiro atoms. The van der Waals surface area contributed by atoms with Gasteiger partial charge in [-0.1, -0.05) is 35.3 Å². The molecule has 0 aromatic heterocycles. The van der Waals surface area contributed by atoms with Gasteiger partial charge in [-0.25, -0.2) is 0 Å². The molecule has 6 nitrogen and oxygen atoms in total. The molecule has 2 aromatic carbocycles. The number of hydrazone groups is 1. The van der Waals surface area contributed by atoms with Crippen molar-refractivity contribution in [1.82, 2.24) is 0 Å². The van der Waals surface area contributed by atoms with E-state index in [1.807, 2.05) is 0 Å². The van der Waals surface area contributed by atoms with E-state index in [9.17, 15) is 10.1 Å². The lowest BCUT2D eigenvalue weighted by Gasteiger charge is -2.07. The molecule has 0 heterocycles. The number of hydrogen-bond donors (Lipinski definition) is 1. The van der Waals surface area contributed by atoms with E-state index >= 15 is 0 Å². The average molecular weight is 340 g/mol. The van der Waals surface area contributed by atoms with Crippen molar-refractivity contribution in [3.05, 3.63) is 62.1 Å². The number of nitro benzene ring substituents is 1. The van der Waals surface area contributed by atoms with E-state index in [0.29, 0.717) is 21.4 Å². The molecule has 0 fully saturated rings. The minimum absolute atomic E-state index is 0.0734. The summed E-state index contributed by atoms with van der Waals surface area (Å²) in [6.07, 6.45) is 1.42. The summed E-state index contributed by atoms with van der Waals surface area (Å²) in [6.45, 7) is 0. The van der Waals surface area contributed by atoms with Crippen LogP contribution in [0.2, 0.25) is 10.0 Å². The molecular formula is C14H11Cl2N3O3. The average Bonchev–Trinajstić information content (AvgIpc) is 2.47. The minimum Gasteiger partial charge on any atom is -0.495 e. The van der Waals surface area contributed by atoms with Crippen LogP contribution in [0.1, 0.15) is 5.56 Å². The fraction of sp³-hybridized carbons (Fsp3) is 0.0714. The SMILES string of the molecule is COc1c(Cl)cc(Cl)cc1/C=N\Nc1ccccc1[N+](=O)[O-]. The first kappa shape index (κ1) is 16.1. The normalized spacial score (nSPS) is 10.7. The maximum atomic E-state index is 10.9. The van der Waals surface area contributed by atoms with Gasteiger partial charge in [0, 0.05) is 16.7 Å². The molecule has 0 aliphatic heterocycles. The monoisotopic (exact) mass is 339 g/mol. The van der Waals surface area contributed by atoms with E-state index in [2.05, 4.69) is 10.5 Å². The van der Waals surface area contributed by atoms with E-state index in [4.69, 9.17) is 27.9 Å². The Morgan fingerprint density at radius 3 is 2.73 bits per heavy atom. The number of nitrogens with one attached hydrogen (secondary N) is 1. The third-order valence-electron chi connectivity index (χ3n) is 2.73. The van der Waals surface area contributed by atoms with Gasteiger partial charge in [0.05, 0.1) is 23.3 Å². The topological polar surface area (TPSA) is 76.8 Å². The molecule has 2 aromatic rings. The zero-order chi connectivity index (χ0) is 16.1. The number of para-hydroxylation sites is 2. The molecule has 0 saturated carbocycles. The number of anilines is 1. The number of nitrogens with zero attached hydrogens (tertiary/aromatic N) is 2. The third kappa shape index (κ3) is 3.66. The highest BCUT2D eigenvalue weighted by atomic mass is 35.5. The van der Waals surface area contributed by atoms with Crippen LogP contribution >= 0.6 is 23.2 Å². The van der Waals surface area contributed by atoms with Gasteiger partial charge >= 0.3 is 0 Å². The maximum absolute atomic E-state index is 10.9. The second-order valence-corrected chi connectivity index (χ2v) is 5.00. The van der Waals surface area contributed by atoms with Crippen molar-refractivity contribution in [1.29, 1.82) is 0 Å². The summed E-state index contributed by atoms with van der Waals surface area (Å²) in [5.41, 5.74) is 3.37. The predicted octanol–water partition coefficient (Wildman–Crippen LogP) is 4.36. The van der Waals surface area contributed by atoms with Crippen molar-refractivity contribution in [2.24, 2.45) is 5.10 Å². The van der Waals surface area contributed by atoms with Crippen molar-refractivity contribution in [3.8, 4) is 5.75 Å². The number of nitro groups is 1. The van der Waals surface area contributed by atoms with Crippen LogP contribution in [0.5, 0.6) is 5.75 Å². The first-order valence-corrected chi connectivity index (χ1v) is 6.84. The number of methoxy groups -OCH3 is 1. The van der Waals surface area contributed by atoms with Gasteiger partial charge in [-0.15, -0.1) is 0 Å². The molecule has 0 amide bonds. The maximum Gasteiger partial charge on any atom is 0.294 e. The molecule has 1 N–H and O–H groups in total. The van der Waals surface area contributed by atoms with Crippen LogP contribution in [0.15, 0.2) is 41.5 Å². The van der Waals surface area contributed by atoms with Gasteiger partial charge in [0.2, 0.25) is 0 Å². The quantitative estimate of drug-likeness (QED) is 0.498. The Balaban J connectivity index is 2.26. The summed E-state index contributed by atoms with van der Waals surface area (Å²) < 4.78 is 5.18. The first-order chi connectivity index (χ1) is 10.5. The van der Waals surface area contributed by atoms with Crippen molar-refractivity contribution in [3.63, 3.8) is 0 Å². The molecule has 0 aliphatic carbocycles. The minimum atomic E-state index is -0.491. The van der Waals surface area contributed by atoms with Crippen molar-refractivity contribution in [2.75, 3.05) is 12.5 Å². The van der Waals surface area contributed by atoms with Crippen molar-refractivity contribution in [2.45, 2.75) is 0 Å². The summed E-state index contributed by atoms with van der Waals surface area (Å²) in [5, 5.41) is 15.7. The van der Waals surface area contributed by atoms with Crippen LogP contribution < -0.4 is 10.2 Å². The lowest BCUT2D eigenvalue weighted by Crippen LogP contribution is -1.98. The highest BCUT2D eigenvalue weighted by molar-refractivity contribution is 6.36. The van der Waals surface area contributed by atoms with Crippen LogP contribution in [0, 0.1) is 10.1 Å². The van der Waals surface area contributed by atoms with Crippen LogP contribution in [-0.4, -0.2) is 18.2 Å². The van der Waals surface area contributed by atoms with E-state index in [1.165, 1.54) is 19.4 Å². The molecule has 2 rings (SSSR count). The Labute approximate surface area is 136 Å². The van der Waals surface area contributed by atoms with Crippen LogP contribution in [0.3, 0.4) is 0 Å². The van der Waals surface area contributed by atoms with Gasteiger partial charge in [0.25, 0.3) is 5.69 Å².